The van der Waals surface area contributed by atoms with Crippen LogP contribution >= 0.6 is 0 Å². The predicted molar refractivity (Wildman–Crippen MR) is 91.8 cm³/mol. The van der Waals surface area contributed by atoms with E-state index in [1.807, 2.05) is 49.5 Å². The third-order valence-electron chi connectivity index (χ3n) is 3.83. The van der Waals surface area contributed by atoms with Crippen molar-refractivity contribution < 1.29 is 9.47 Å². The molecule has 2 aromatic rings. The van der Waals surface area contributed by atoms with E-state index < -0.39 is 0 Å². The predicted octanol–water partition coefficient (Wildman–Crippen LogP) is 2.63. The second-order valence-corrected chi connectivity index (χ2v) is 5.15. The Hall–Kier alpha value is -2.82. The zero-order valence-electron chi connectivity index (χ0n) is 13.5. The first kappa shape index (κ1) is 15.1. The van der Waals surface area contributed by atoms with Crippen LogP contribution < -0.4 is 14.8 Å². The summed E-state index contributed by atoms with van der Waals surface area (Å²) in [6.07, 6.45) is 0.659. The Morgan fingerprint density at radius 2 is 1.65 bits per heavy atom. The molecule has 0 spiro atoms. The molecule has 1 aliphatic rings. The molecule has 1 heterocycles. The first-order valence-electron chi connectivity index (χ1n) is 7.39. The van der Waals surface area contributed by atoms with Gasteiger partial charge in [-0.1, -0.05) is 30.3 Å². The summed E-state index contributed by atoms with van der Waals surface area (Å²) in [5.74, 6) is 2.20. The molecule has 3 rings (SSSR count). The van der Waals surface area contributed by atoms with Crippen LogP contribution in [-0.2, 0) is 6.42 Å². The van der Waals surface area contributed by atoms with Gasteiger partial charge in [0.15, 0.2) is 11.5 Å². The Bertz CT molecular complexity index is 767. The van der Waals surface area contributed by atoms with E-state index >= 15 is 0 Å². The van der Waals surface area contributed by atoms with Crippen molar-refractivity contribution in [1.29, 1.82) is 0 Å². The Kier molecular flexibility index (Phi) is 4.28. The minimum Gasteiger partial charge on any atom is -0.493 e. The maximum absolute atomic E-state index is 5.45. The Morgan fingerprint density at radius 1 is 0.957 bits per heavy atom. The quantitative estimate of drug-likeness (QED) is 0.948. The van der Waals surface area contributed by atoms with E-state index in [0.717, 1.165) is 28.2 Å². The highest BCUT2D eigenvalue weighted by atomic mass is 16.5. The van der Waals surface area contributed by atoms with Gasteiger partial charge >= 0.3 is 0 Å². The second kappa shape index (κ2) is 6.52. The van der Waals surface area contributed by atoms with Crippen molar-refractivity contribution in [1.82, 2.24) is 5.32 Å². The molecule has 0 bridgehead atoms. The van der Waals surface area contributed by atoms with Crippen LogP contribution in [-0.4, -0.2) is 32.8 Å². The molecule has 0 radical (unpaired) electrons. The van der Waals surface area contributed by atoms with Crippen molar-refractivity contribution in [2.45, 2.75) is 6.42 Å². The summed E-state index contributed by atoms with van der Waals surface area (Å²) < 4.78 is 10.9. The molecule has 0 unspecified atom stereocenters. The van der Waals surface area contributed by atoms with Gasteiger partial charge in [-0.2, -0.15) is 0 Å². The minimum atomic E-state index is 0.659. The average molecular weight is 309 g/mol. The molecule has 1 aliphatic heterocycles. The first-order chi connectivity index (χ1) is 11.3. The van der Waals surface area contributed by atoms with Gasteiger partial charge in [-0.25, -0.2) is 0 Å². The lowest BCUT2D eigenvalue weighted by atomic mass is 9.95. The van der Waals surface area contributed by atoms with Gasteiger partial charge in [0.1, 0.15) is 11.5 Å². The number of hydrogen-bond donors (Lipinski definition) is 1. The largest absolute Gasteiger partial charge is 0.493 e. The third-order valence-corrected chi connectivity index (χ3v) is 3.83. The van der Waals surface area contributed by atoms with E-state index in [1.165, 1.54) is 0 Å². The van der Waals surface area contributed by atoms with Gasteiger partial charge in [0.05, 0.1) is 14.2 Å². The molecule has 0 amide bonds. The number of ether oxygens (including phenoxy) is 2. The van der Waals surface area contributed by atoms with Gasteiger partial charge in [-0.15, -0.1) is 10.2 Å². The van der Waals surface area contributed by atoms with Crippen molar-refractivity contribution in [3.8, 4) is 11.5 Å². The van der Waals surface area contributed by atoms with Gasteiger partial charge in [0.25, 0.3) is 0 Å². The Labute approximate surface area is 135 Å². The number of likely N-dealkylation sites (N-methyl/N-ethyl adjacent to an activating group) is 1. The zero-order valence-corrected chi connectivity index (χ0v) is 13.5. The second-order valence-electron chi connectivity index (χ2n) is 5.15. The molecule has 1 N–H and O–H groups in total. The van der Waals surface area contributed by atoms with E-state index in [1.54, 1.807) is 14.2 Å². The van der Waals surface area contributed by atoms with Crippen LogP contribution in [0.25, 0.3) is 0 Å². The Balaban J connectivity index is 2.21. The fourth-order valence-electron chi connectivity index (χ4n) is 2.62. The highest BCUT2D eigenvalue weighted by molar-refractivity contribution is 6.15. The molecule has 0 saturated carbocycles. The van der Waals surface area contributed by atoms with E-state index in [2.05, 4.69) is 15.5 Å². The minimum absolute atomic E-state index is 0.659. The lowest BCUT2D eigenvalue weighted by Crippen LogP contribution is -2.20. The van der Waals surface area contributed by atoms with Gasteiger partial charge in [-0.3, -0.25) is 0 Å². The summed E-state index contributed by atoms with van der Waals surface area (Å²) in [5, 5.41) is 11.9. The number of rotatable bonds is 3. The monoisotopic (exact) mass is 309 g/mol. The summed E-state index contributed by atoms with van der Waals surface area (Å²) in [4.78, 5) is 0. The van der Waals surface area contributed by atoms with Crippen molar-refractivity contribution >= 4 is 11.5 Å². The number of amidine groups is 1. The van der Waals surface area contributed by atoms with Crippen LogP contribution in [0.5, 0.6) is 11.5 Å². The lowest BCUT2D eigenvalue weighted by molar-refractivity contribution is 0.354. The number of fused-ring (bicyclic) bond motifs is 1. The molecule has 0 fully saturated rings. The molecule has 23 heavy (non-hydrogen) atoms. The van der Waals surface area contributed by atoms with Crippen molar-refractivity contribution in [2.75, 3.05) is 21.3 Å². The Morgan fingerprint density at radius 3 is 2.30 bits per heavy atom. The van der Waals surface area contributed by atoms with Crippen LogP contribution in [0.3, 0.4) is 0 Å². The summed E-state index contributed by atoms with van der Waals surface area (Å²) in [6.45, 7) is 0. The number of benzene rings is 2. The van der Waals surface area contributed by atoms with Crippen molar-refractivity contribution in [2.24, 2.45) is 10.2 Å². The number of hydrogen-bond acceptors (Lipinski definition) is 5. The number of methoxy groups -OCH3 is 2. The van der Waals surface area contributed by atoms with Gasteiger partial charge in [0, 0.05) is 24.6 Å². The molecule has 5 nitrogen and oxygen atoms in total. The van der Waals surface area contributed by atoms with E-state index in [4.69, 9.17) is 9.47 Å². The number of nitrogens with one attached hydrogen (secondary N) is 1. The molecular formula is C18H19N3O2. The van der Waals surface area contributed by atoms with Crippen molar-refractivity contribution in [3.63, 3.8) is 0 Å². The van der Waals surface area contributed by atoms with E-state index in [0.29, 0.717) is 17.9 Å². The maximum atomic E-state index is 5.45. The van der Waals surface area contributed by atoms with Crippen LogP contribution in [0.15, 0.2) is 52.7 Å². The van der Waals surface area contributed by atoms with E-state index in [9.17, 15) is 0 Å². The topological polar surface area (TPSA) is 55.2 Å². The maximum Gasteiger partial charge on any atom is 0.161 e. The van der Waals surface area contributed by atoms with E-state index in [-0.39, 0.29) is 0 Å². The van der Waals surface area contributed by atoms with Crippen LogP contribution in [0.2, 0.25) is 0 Å². The molecule has 5 heteroatoms. The summed E-state index contributed by atoms with van der Waals surface area (Å²) in [6, 6.07) is 14.0. The van der Waals surface area contributed by atoms with Crippen LogP contribution in [0.1, 0.15) is 16.7 Å². The molecule has 0 saturated heterocycles. The first-order valence-corrected chi connectivity index (χ1v) is 7.39. The smallest absolute Gasteiger partial charge is 0.161 e. The SMILES string of the molecule is CNC1=NN=C(c2ccccc2)c2cc(OC)c(OC)cc2C1. The highest BCUT2D eigenvalue weighted by Gasteiger charge is 2.20. The standard InChI is InChI=1S/C18H19N3O2/c1-19-17-10-13-9-15(22-2)16(23-3)11-14(13)18(21-20-17)12-7-5-4-6-8-12/h4-9,11H,10H2,1-3H3,(H,19,20). The van der Waals surface area contributed by atoms with Gasteiger partial charge < -0.3 is 14.8 Å². The molecule has 0 aliphatic carbocycles. The van der Waals surface area contributed by atoms with Gasteiger partial charge in [0.2, 0.25) is 0 Å². The zero-order chi connectivity index (χ0) is 16.2. The molecule has 0 atom stereocenters. The summed E-state index contributed by atoms with van der Waals surface area (Å²) in [5.41, 5.74) is 3.94. The molecule has 0 aromatic heterocycles. The summed E-state index contributed by atoms with van der Waals surface area (Å²) >= 11 is 0. The fourth-order valence-corrected chi connectivity index (χ4v) is 2.62. The van der Waals surface area contributed by atoms with Crippen LogP contribution in [0.4, 0.5) is 0 Å². The van der Waals surface area contributed by atoms with Crippen molar-refractivity contribution in [3.05, 3.63) is 59.2 Å². The lowest BCUT2D eigenvalue weighted by Gasteiger charge is -2.15. The fraction of sp³-hybridized carbons (Fsp3) is 0.222. The molecular weight excluding hydrogens is 290 g/mol. The highest BCUT2D eigenvalue weighted by Crippen LogP contribution is 2.33. The third kappa shape index (κ3) is 2.90. The molecule has 118 valence electrons. The molecule has 2 aromatic carbocycles. The average Bonchev–Trinajstić information content (AvgIpc) is 2.79. The van der Waals surface area contributed by atoms with Crippen LogP contribution in [0, 0.1) is 0 Å². The summed E-state index contributed by atoms with van der Waals surface area (Å²) in [7, 11) is 5.12. The number of nitrogens with zero attached hydrogens (tertiary/aromatic N) is 2. The van der Waals surface area contributed by atoms with Gasteiger partial charge in [-0.05, 0) is 17.7 Å². The normalized spacial score (nSPS) is 13.3.